The second-order valence-electron chi connectivity index (χ2n) is 6.05. The van der Waals surface area contributed by atoms with Crippen molar-refractivity contribution in [2.24, 2.45) is 11.8 Å². The van der Waals surface area contributed by atoms with Crippen molar-refractivity contribution in [2.75, 3.05) is 31.6 Å². The van der Waals surface area contributed by atoms with E-state index in [9.17, 15) is 9.59 Å². The average molecular weight is 340 g/mol. The maximum absolute atomic E-state index is 12.4. The van der Waals surface area contributed by atoms with E-state index < -0.39 is 11.9 Å². The van der Waals surface area contributed by atoms with Crippen LogP contribution >= 0.6 is 11.6 Å². The van der Waals surface area contributed by atoms with Crippen LogP contribution in [0, 0.1) is 11.8 Å². The standard InChI is InChI=1S/C16H22ClN3O3/c1-11(16(22)23)10-19(2)15(21)12-5-7-20(8-6-12)14-4-3-13(17)9-18-14/h3-4,9,11-12H,5-8,10H2,1-2H3,(H,22,23)/t11-/m1/s1. The summed E-state index contributed by atoms with van der Waals surface area (Å²) in [6.07, 6.45) is 3.11. The third-order valence-corrected chi connectivity index (χ3v) is 4.45. The molecule has 7 heteroatoms. The smallest absolute Gasteiger partial charge is 0.308 e. The van der Waals surface area contributed by atoms with Gasteiger partial charge in [0.25, 0.3) is 0 Å². The van der Waals surface area contributed by atoms with Gasteiger partial charge in [-0.05, 0) is 25.0 Å². The number of piperidine rings is 1. The highest BCUT2D eigenvalue weighted by Crippen LogP contribution is 2.24. The number of pyridine rings is 1. The second-order valence-corrected chi connectivity index (χ2v) is 6.49. The number of aliphatic carboxylic acids is 1. The molecule has 1 aromatic heterocycles. The molecule has 0 saturated carbocycles. The molecule has 1 aromatic rings. The molecule has 0 unspecified atom stereocenters. The van der Waals surface area contributed by atoms with E-state index >= 15 is 0 Å². The van der Waals surface area contributed by atoms with Crippen LogP contribution in [0.4, 0.5) is 5.82 Å². The van der Waals surface area contributed by atoms with Gasteiger partial charge in [-0.15, -0.1) is 0 Å². The van der Waals surface area contributed by atoms with Crippen molar-refractivity contribution in [2.45, 2.75) is 19.8 Å². The Labute approximate surface area is 141 Å². The molecule has 0 spiro atoms. The zero-order valence-corrected chi connectivity index (χ0v) is 14.2. The molecule has 0 aromatic carbocycles. The van der Waals surface area contributed by atoms with Crippen molar-refractivity contribution in [1.82, 2.24) is 9.88 Å². The fraction of sp³-hybridized carbons (Fsp3) is 0.562. The monoisotopic (exact) mass is 339 g/mol. The van der Waals surface area contributed by atoms with Crippen LogP contribution < -0.4 is 4.90 Å². The van der Waals surface area contributed by atoms with Crippen molar-refractivity contribution in [3.05, 3.63) is 23.4 Å². The highest BCUT2D eigenvalue weighted by atomic mass is 35.5. The van der Waals surface area contributed by atoms with E-state index in [0.29, 0.717) is 5.02 Å². The molecule has 2 rings (SSSR count). The van der Waals surface area contributed by atoms with E-state index in [1.807, 2.05) is 12.1 Å². The summed E-state index contributed by atoms with van der Waals surface area (Å²) in [5.41, 5.74) is 0. The molecule has 1 N–H and O–H groups in total. The minimum atomic E-state index is -0.881. The lowest BCUT2D eigenvalue weighted by atomic mass is 9.95. The Morgan fingerprint density at radius 1 is 1.43 bits per heavy atom. The first-order chi connectivity index (χ1) is 10.9. The molecule has 23 heavy (non-hydrogen) atoms. The minimum Gasteiger partial charge on any atom is -0.481 e. The Morgan fingerprint density at radius 3 is 2.61 bits per heavy atom. The molecule has 0 aliphatic carbocycles. The second kappa shape index (κ2) is 7.64. The largest absolute Gasteiger partial charge is 0.481 e. The molecule has 1 fully saturated rings. The van der Waals surface area contributed by atoms with Gasteiger partial charge in [-0.1, -0.05) is 18.5 Å². The van der Waals surface area contributed by atoms with E-state index in [0.717, 1.165) is 31.7 Å². The number of halogens is 1. The summed E-state index contributed by atoms with van der Waals surface area (Å²) in [4.78, 5) is 31.3. The molecule has 2 heterocycles. The van der Waals surface area contributed by atoms with Crippen LogP contribution in [0.5, 0.6) is 0 Å². The third-order valence-electron chi connectivity index (χ3n) is 4.23. The van der Waals surface area contributed by atoms with Gasteiger partial charge in [0, 0.05) is 38.8 Å². The van der Waals surface area contributed by atoms with Crippen molar-refractivity contribution in [3.63, 3.8) is 0 Å². The number of nitrogens with zero attached hydrogens (tertiary/aromatic N) is 3. The van der Waals surface area contributed by atoms with Gasteiger partial charge in [-0.3, -0.25) is 9.59 Å². The van der Waals surface area contributed by atoms with Crippen LogP contribution in [-0.2, 0) is 9.59 Å². The Morgan fingerprint density at radius 2 is 2.09 bits per heavy atom. The van der Waals surface area contributed by atoms with Gasteiger partial charge in [0.2, 0.25) is 5.91 Å². The topological polar surface area (TPSA) is 73.7 Å². The Hall–Kier alpha value is -1.82. The minimum absolute atomic E-state index is 0.0295. The summed E-state index contributed by atoms with van der Waals surface area (Å²) in [6, 6.07) is 3.69. The zero-order valence-electron chi connectivity index (χ0n) is 13.4. The molecule has 126 valence electrons. The first-order valence-electron chi connectivity index (χ1n) is 7.72. The number of rotatable bonds is 5. The summed E-state index contributed by atoms with van der Waals surface area (Å²) in [6.45, 7) is 3.37. The van der Waals surface area contributed by atoms with Crippen molar-refractivity contribution >= 4 is 29.3 Å². The fourth-order valence-corrected chi connectivity index (χ4v) is 2.91. The molecule has 0 bridgehead atoms. The molecule has 1 amide bonds. The lowest BCUT2D eigenvalue weighted by Crippen LogP contribution is -2.43. The molecular formula is C16H22ClN3O3. The van der Waals surface area contributed by atoms with Gasteiger partial charge < -0.3 is 14.9 Å². The Bertz CT molecular complexity index is 556. The number of carbonyl (C=O) groups excluding carboxylic acids is 1. The molecule has 1 atom stereocenters. The molecule has 1 aliphatic rings. The number of anilines is 1. The molecule has 0 radical (unpaired) electrons. The predicted octanol–water partition coefficient (Wildman–Crippen LogP) is 2.13. The lowest BCUT2D eigenvalue weighted by Gasteiger charge is -2.34. The number of amides is 1. The highest BCUT2D eigenvalue weighted by molar-refractivity contribution is 6.30. The van der Waals surface area contributed by atoms with Crippen LogP contribution in [-0.4, -0.2) is 53.5 Å². The summed E-state index contributed by atoms with van der Waals surface area (Å²) in [5.74, 6) is -0.588. The Kier molecular flexibility index (Phi) is 5.82. The van der Waals surface area contributed by atoms with Crippen LogP contribution in [0.2, 0.25) is 5.02 Å². The van der Waals surface area contributed by atoms with Gasteiger partial charge in [0.15, 0.2) is 0 Å². The van der Waals surface area contributed by atoms with Crippen molar-refractivity contribution in [1.29, 1.82) is 0 Å². The third kappa shape index (κ3) is 4.58. The molecular weight excluding hydrogens is 318 g/mol. The van der Waals surface area contributed by atoms with Crippen LogP contribution in [0.25, 0.3) is 0 Å². The quantitative estimate of drug-likeness (QED) is 0.889. The summed E-state index contributed by atoms with van der Waals surface area (Å²) < 4.78 is 0. The predicted molar refractivity (Wildman–Crippen MR) is 88.6 cm³/mol. The zero-order chi connectivity index (χ0) is 17.0. The maximum atomic E-state index is 12.4. The van der Waals surface area contributed by atoms with Crippen LogP contribution in [0.15, 0.2) is 18.3 Å². The molecule has 1 saturated heterocycles. The van der Waals surface area contributed by atoms with E-state index in [1.54, 1.807) is 25.1 Å². The molecule has 1 aliphatic heterocycles. The number of hydrogen-bond acceptors (Lipinski definition) is 4. The highest BCUT2D eigenvalue weighted by Gasteiger charge is 2.28. The van der Waals surface area contributed by atoms with E-state index in [2.05, 4.69) is 9.88 Å². The average Bonchev–Trinajstić information content (AvgIpc) is 2.55. The SMILES string of the molecule is C[C@H](CN(C)C(=O)C1CCN(c2ccc(Cl)cn2)CC1)C(=O)O. The van der Waals surface area contributed by atoms with Gasteiger partial charge >= 0.3 is 5.97 Å². The normalized spacial score (nSPS) is 16.9. The number of carbonyl (C=O) groups is 2. The summed E-state index contributed by atoms with van der Waals surface area (Å²) in [7, 11) is 1.68. The fourth-order valence-electron chi connectivity index (χ4n) is 2.80. The number of aromatic nitrogens is 1. The summed E-state index contributed by atoms with van der Waals surface area (Å²) >= 11 is 5.84. The number of carboxylic acids is 1. The first-order valence-corrected chi connectivity index (χ1v) is 8.10. The van der Waals surface area contributed by atoms with Gasteiger partial charge in [0.05, 0.1) is 10.9 Å². The van der Waals surface area contributed by atoms with Crippen LogP contribution in [0.3, 0.4) is 0 Å². The van der Waals surface area contributed by atoms with E-state index in [4.69, 9.17) is 16.7 Å². The van der Waals surface area contributed by atoms with Crippen LogP contribution in [0.1, 0.15) is 19.8 Å². The van der Waals surface area contributed by atoms with Gasteiger partial charge in [-0.2, -0.15) is 0 Å². The van der Waals surface area contributed by atoms with Gasteiger partial charge in [-0.25, -0.2) is 4.98 Å². The van der Waals surface area contributed by atoms with E-state index in [1.165, 1.54) is 0 Å². The van der Waals surface area contributed by atoms with Crippen molar-refractivity contribution in [3.8, 4) is 0 Å². The van der Waals surface area contributed by atoms with Gasteiger partial charge in [0.1, 0.15) is 5.82 Å². The molecule has 6 nitrogen and oxygen atoms in total. The van der Waals surface area contributed by atoms with E-state index in [-0.39, 0.29) is 18.4 Å². The van der Waals surface area contributed by atoms with Crippen molar-refractivity contribution < 1.29 is 14.7 Å². The lowest BCUT2D eigenvalue weighted by molar-refractivity contribution is -0.143. The summed E-state index contributed by atoms with van der Waals surface area (Å²) in [5, 5.41) is 9.55. The number of carboxylic acid groups (broad SMARTS) is 1. The Balaban J connectivity index is 1.87. The number of hydrogen-bond donors (Lipinski definition) is 1. The first kappa shape index (κ1) is 17.5. The maximum Gasteiger partial charge on any atom is 0.308 e.